The summed E-state index contributed by atoms with van der Waals surface area (Å²) < 4.78 is 5.34. The van der Waals surface area contributed by atoms with Gasteiger partial charge in [0.2, 0.25) is 0 Å². The van der Waals surface area contributed by atoms with E-state index < -0.39 is 35.7 Å². The van der Waals surface area contributed by atoms with E-state index in [4.69, 9.17) is 4.74 Å². The van der Waals surface area contributed by atoms with Crippen molar-refractivity contribution in [3.05, 3.63) is 29.8 Å². The summed E-state index contributed by atoms with van der Waals surface area (Å²) in [6.45, 7) is 10.9. The number of phenolic OH excluding ortho intramolecular Hbond substituents is 1. The van der Waals surface area contributed by atoms with Crippen molar-refractivity contribution in [1.82, 2.24) is 5.32 Å². The summed E-state index contributed by atoms with van der Waals surface area (Å²) in [6.07, 6.45) is -0.560. The number of carboxylic acids is 1. The standard InChI is InChI=1S/C23H37NO6/c1-14(2)17(11-16-8-7-9-18(25)12-16)13-19(20(26)10-15(3)21(27)28)24-22(29)30-23(4,5)6/h7-9,12,14-15,17,19-20,25-26H,10-11,13H2,1-6H3,(H,24,29)(H,27,28)/t15-,17+,19+,20+/m1/s1. The normalized spacial score (nSPS) is 15.9. The summed E-state index contributed by atoms with van der Waals surface area (Å²) >= 11 is 0. The van der Waals surface area contributed by atoms with Gasteiger partial charge in [0.1, 0.15) is 11.4 Å². The predicted molar refractivity (Wildman–Crippen MR) is 115 cm³/mol. The molecule has 0 unspecified atom stereocenters. The van der Waals surface area contributed by atoms with E-state index in [0.717, 1.165) is 5.56 Å². The van der Waals surface area contributed by atoms with Crippen molar-refractivity contribution >= 4 is 12.1 Å². The molecule has 0 aliphatic heterocycles. The van der Waals surface area contributed by atoms with Crippen molar-refractivity contribution in [2.45, 2.75) is 78.6 Å². The molecule has 4 atom stereocenters. The summed E-state index contributed by atoms with van der Waals surface area (Å²) in [6, 6.07) is 6.36. The molecule has 1 amide bonds. The van der Waals surface area contributed by atoms with Gasteiger partial charge >= 0.3 is 12.1 Å². The minimum absolute atomic E-state index is 0.0206. The first-order chi connectivity index (χ1) is 13.8. The molecule has 1 rings (SSSR count). The molecule has 1 aromatic carbocycles. The van der Waals surface area contributed by atoms with Crippen molar-refractivity contribution in [3.63, 3.8) is 0 Å². The summed E-state index contributed by atoms with van der Waals surface area (Å²) in [5.74, 6) is -1.23. The summed E-state index contributed by atoms with van der Waals surface area (Å²) in [7, 11) is 0. The predicted octanol–water partition coefficient (Wildman–Crippen LogP) is 3.96. The molecular formula is C23H37NO6. The topological polar surface area (TPSA) is 116 Å². The average molecular weight is 424 g/mol. The highest BCUT2D eigenvalue weighted by Crippen LogP contribution is 2.26. The number of phenols is 1. The molecule has 0 aromatic heterocycles. The van der Waals surface area contributed by atoms with E-state index in [9.17, 15) is 24.9 Å². The number of ether oxygens (including phenoxy) is 1. The van der Waals surface area contributed by atoms with Gasteiger partial charge in [0, 0.05) is 0 Å². The number of benzene rings is 1. The zero-order valence-corrected chi connectivity index (χ0v) is 18.9. The monoisotopic (exact) mass is 423 g/mol. The van der Waals surface area contributed by atoms with Crippen LogP contribution in [0, 0.1) is 17.8 Å². The first-order valence-corrected chi connectivity index (χ1v) is 10.5. The highest BCUT2D eigenvalue weighted by molar-refractivity contribution is 5.70. The van der Waals surface area contributed by atoms with Gasteiger partial charge < -0.3 is 25.4 Å². The molecule has 4 N–H and O–H groups in total. The minimum atomic E-state index is -1.03. The third kappa shape index (κ3) is 9.48. The zero-order chi connectivity index (χ0) is 23.1. The second-order valence-electron chi connectivity index (χ2n) is 9.41. The number of aliphatic hydroxyl groups is 1. The lowest BCUT2D eigenvalue weighted by atomic mass is 9.82. The largest absolute Gasteiger partial charge is 0.508 e. The fourth-order valence-corrected chi connectivity index (χ4v) is 3.30. The van der Waals surface area contributed by atoms with Gasteiger partial charge in [0.25, 0.3) is 0 Å². The first-order valence-electron chi connectivity index (χ1n) is 10.5. The number of alkyl carbamates (subject to hydrolysis) is 1. The number of hydrogen-bond acceptors (Lipinski definition) is 5. The average Bonchev–Trinajstić information content (AvgIpc) is 2.58. The number of aliphatic hydroxyl groups excluding tert-OH is 1. The number of amides is 1. The van der Waals surface area contributed by atoms with Crippen LogP contribution in [0.15, 0.2) is 24.3 Å². The Hall–Kier alpha value is -2.28. The highest BCUT2D eigenvalue weighted by atomic mass is 16.6. The first kappa shape index (κ1) is 25.8. The van der Waals surface area contributed by atoms with E-state index in [0.29, 0.717) is 12.8 Å². The maximum atomic E-state index is 12.4. The van der Waals surface area contributed by atoms with Gasteiger partial charge in [-0.2, -0.15) is 0 Å². The summed E-state index contributed by atoms with van der Waals surface area (Å²) in [4.78, 5) is 23.6. The van der Waals surface area contributed by atoms with Crippen LogP contribution in [0.5, 0.6) is 5.75 Å². The van der Waals surface area contributed by atoms with Crippen LogP contribution in [0.4, 0.5) is 4.79 Å². The van der Waals surface area contributed by atoms with E-state index in [-0.39, 0.29) is 24.0 Å². The van der Waals surface area contributed by atoms with Gasteiger partial charge in [-0.15, -0.1) is 0 Å². The molecule has 0 fully saturated rings. The molecule has 30 heavy (non-hydrogen) atoms. The molecule has 7 heteroatoms. The maximum absolute atomic E-state index is 12.4. The summed E-state index contributed by atoms with van der Waals surface area (Å²) in [5.41, 5.74) is 0.269. The van der Waals surface area contributed by atoms with Crippen LogP contribution in [0.25, 0.3) is 0 Å². The molecule has 0 radical (unpaired) electrons. The number of carbonyl (C=O) groups excluding carboxylic acids is 1. The quantitative estimate of drug-likeness (QED) is 0.453. The lowest BCUT2D eigenvalue weighted by Crippen LogP contribution is -2.47. The smallest absolute Gasteiger partial charge is 0.407 e. The molecule has 0 spiro atoms. The zero-order valence-electron chi connectivity index (χ0n) is 18.9. The second-order valence-corrected chi connectivity index (χ2v) is 9.41. The molecule has 0 saturated carbocycles. The highest BCUT2D eigenvalue weighted by Gasteiger charge is 2.30. The van der Waals surface area contributed by atoms with E-state index >= 15 is 0 Å². The number of nitrogens with one attached hydrogen (secondary N) is 1. The molecule has 0 aliphatic rings. The van der Waals surface area contributed by atoms with Crippen LogP contribution in [0.3, 0.4) is 0 Å². The molecule has 0 aliphatic carbocycles. The van der Waals surface area contributed by atoms with Crippen LogP contribution in [-0.2, 0) is 16.0 Å². The Morgan fingerprint density at radius 3 is 2.27 bits per heavy atom. The molecule has 7 nitrogen and oxygen atoms in total. The Morgan fingerprint density at radius 2 is 1.77 bits per heavy atom. The van der Waals surface area contributed by atoms with Gasteiger partial charge in [0.05, 0.1) is 18.1 Å². The number of hydrogen-bond donors (Lipinski definition) is 4. The van der Waals surface area contributed by atoms with Crippen molar-refractivity contribution in [2.75, 3.05) is 0 Å². The van der Waals surface area contributed by atoms with E-state index in [2.05, 4.69) is 19.2 Å². The lowest BCUT2D eigenvalue weighted by Gasteiger charge is -2.31. The van der Waals surface area contributed by atoms with Crippen molar-refractivity contribution in [2.24, 2.45) is 17.8 Å². The van der Waals surface area contributed by atoms with Crippen molar-refractivity contribution in [3.8, 4) is 5.75 Å². The molecule has 0 bridgehead atoms. The van der Waals surface area contributed by atoms with Gasteiger partial charge in [-0.05, 0) is 69.6 Å². The number of carbonyl (C=O) groups is 2. The second kappa shape index (κ2) is 11.2. The molecule has 1 aromatic rings. The van der Waals surface area contributed by atoms with Gasteiger partial charge in [-0.25, -0.2) is 4.79 Å². The molecule has 0 heterocycles. The SMILES string of the molecule is CC(C)[C@@H](Cc1cccc(O)c1)C[C@H](NC(=O)OC(C)(C)C)[C@@H](O)C[C@@H](C)C(=O)O. The van der Waals surface area contributed by atoms with Gasteiger partial charge in [-0.1, -0.05) is 32.9 Å². The number of aliphatic carboxylic acids is 1. The third-order valence-electron chi connectivity index (χ3n) is 5.09. The summed E-state index contributed by atoms with van der Waals surface area (Å²) in [5, 5.41) is 32.4. The maximum Gasteiger partial charge on any atom is 0.407 e. The molecule has 170 valence electrons. The lowest BCUT2D eigenvalue weighted by molar-refractivity contribution is -0.142. The van der Waals surface area contributed by atoms with Gasteiger partial charge in [0.15, 0.2) is 0 Å². The Kier molecular flexibility index (Phi) is 9.62. The van der Waals surface area contributed by atoms with Crippen molar-refractivity contribution < 1.29 is 29.6 Å². The minimum Gasteiger partial charge on any atom is -0.508 e. The van der Waals surface area contributed by atoms with Crippen LogP contribution in [-0.4, -0.2) is 45.1 Å². The Labute approximate surface area is 179 Å². The van der Waals surface area contributed by atoms with Gasteiger partial charge in [-0.3, -0.25) is 4.79 Å². The Morgan fingerprint density at radius 1 is 1.13 bits per heavy atom. The number of aromatic hydroxyl groups is 1. The van der Waals surface area contributed by atoms with E-state index in [1.54, 1.807) is 39.0 Å². The van der Waals surface area contributed by atoms with Crippen LogP contribution in [0.2, 0.25) is 0 Å². The molecule has 0 saturated heterocycles. The van der Waals surface area contributed by atoms with Crippen LogP contribution in [0.1, 0.15) is 59.9 Å². The van der Waals surface area contributed by atoms with E-state index in [1.807, 2.05) is 6.07 Å². The number of carboxylic acid groups (broad SMARTS) is 1. The fourth-order valence-electron chi connectivity index (χ4n) is 3.30. The Balaban J connectivity index is 3.00. The fraction of sp³-hybridized carbons (Fsp3) is 0.652. The van der Waals surface area contributed by atoms with Crippen molar-refractivity contribution in [1.29, 1.82) is 0 Å². The molecular weight excluding hydrogens is 386 g/mol. The Bertz CT molecular complexity index is 697. The van der Waals surface area contributed by atoms with Crippen LogP contribution < -0.4 is 5.32 Å². The number of rotatable bonds is 10. The third-order valence-corrected chi connectivity index (χ3v) is 5.09. The van der Waals surface area contributed by atoms with E-state index in [1.165, 1.54) is 6.92 Å². The van der Waals surface area contributed by atoms with Crippen LogP contribution >= 0.6 is 0 Å².